The maximum Gasteiger partial charge on any atom is 0.270 e. The molecule has 1 saturated heterocycles. The second-order valence-electron chi connectivity index (χ2n) is 6.02. The molecule has 2 heterocycles. The fourth-order valence-corrected chi connectivity index (χ4v) is 3.13. The highest BCUT2D eigenvalue weighted by Gasteiger charge is 2.30. The summed E-state index contributed by atoms with van der Waals surface area (Å²) < 4.78 is 1.76. The van der Waals surface area contributed by atoms with Crippen LogP contribution in [0.1, 0.15) is 42.2 Å². The van der Waals surface area contributed by atoms with Crippen molar-refractivity contribution in [3.05, 3.63) is 46.4 Å². The third-order valence-electron chi connectivity index (χ3n) is 4.76. The molecule has 0 bridgehead atoms. The molecule has 0 unspecified atom stereocenters. The average molecular weight is 282 g/mol. The second-order valence-corrected chi connectivity index (χ2v) is 6.02. The number of hydrogen-bond acceptors (Lipinski definition) is 2. The molecule has 2 aromatic rings. The van der Waals surface area contributed by atoms with Crippen LogP contribution in [0, 0.1) is 0 Å². The minimum absolute atomic E-state index is 0.0102. The zero-order chi connectivity index (χ0) is 14.4. The lowest BCUT2D eigenvalue weighted by atomic mass is 9.91. The molecule has 2 fully saturated rings. The number of carbonyl (C=O) groups excluding carboxylic acids is 1. The van der Waals surface area contributed by atoms with Crippen LogP contribution in [0.3, 0.4) is 0 Å². The summed E-state index contributed by atoms with van der Waals surface area (Å²) in [6.07, 6.45) is 4.20. The van der Waals surface area contributed by atoms with Gasteiger partial charge in [0.15, 0.2) is 0 Å². The summed E-state index contributed by atoms with van der Waals surface area (Å²) in [4.78, 5) is 27.3. The summed E-state index contributed by atoms with van der Waals surface area (Å²) in [6.45, 7) is 1.62. The molecule has 1 saturated carbocycles. The highest BCUT2D eigenvalue weighted by atomic mass is 16.2. The lowest BCUT2D eigenvalue weighted by Gasteiger charge is -2.35. The zero-order valence-electron chi connectivity index (χ0n) is 11.9. The van der Waals surface area contributed by atoms with E-state index in [0.717, 1.165) is 44.2 Å². The molecule has 4 heteroatoms. The first-order valence-corrected chi connectivity index (χ1v) is 7.69. The Morgan fingerprint density at radius 3 is 2.48 bits per heavy atom. The standard InChI is InChI=1S/C17H18N2O2/c20-16-14-8-2-1-5-12(14)11-15(17(21)18-9-4-10-18)19(16)13-6-3-7-13/h1-2,5,8,11,13H,3-4,6-7,9-10H2. The lowest BCUT2D eigenvalue weighted by molar-refractivity contribution is 0.0632. The summed E-state index contributed by atoms with van der Waals surface area (Å²) in [5, 5.41) is 1.58. The number of hydrogen-bond donors (Lipinski definition) is 0. The Bertz CT molecular complexity index is 770. The molecule has 21 heavy (non-hydrogen) atoms. The molecular weight excluding hydrogens is 264 g/mol. The molecule has 0 atom stereocenters. The number of amides is 1. The van der Waals surface area contributed by atoms with Crippen molar-refractivity contribution in [2.45, 2.75) is 31.7 Å². The first-order chi connectivity index (χ1) is 10.3. The number of fused-ring (bicyclic) bond motifs is 1. The van der Waals surface area contributed by atoms with Gasteiger partial charge in [0.05, 0.1) is 0 Å². The van der Waals surface area contributed by atoms with E-state index in [9.17, 15) is 9.59 Å². The molecule has 0 spiro atoms. The summed E-state index contributed by atoms with van der Waals surface area (Å²) in [6, 6.07) is 9.65. The largest absolute Gasteiger partial charge is 0.337 e. The fourth-order valence-electron chi connectivity index (χ4n) is 3.13. The van der Waals surface area contributed by atoms with Crippen molar-refractivity contribution in [3.63, 3.8) is 0 Å². The van der Waals surface area contributed by atoms with Crippen LogP contribution in [0.5, 0.6) is 0 Å². The number of nitrogens with zero attached hydrogens (tertiary/aromatic N) is 2. The monoisotopic (exact) mass is 282 g/mol. The first-order valence-electron chi connectivity index (χ1n) is 7.69. The van der Waals surface area contributed by atoms with E-state index >= 15 is 0 Å². The van der Waals surface area contributed by atoms with Crippen LogP contribution in [0.25, 0.3) is 10.8 Å². The summed E-state index contributed by atoms with van der Waals surface area (Å²) in [5.74, 6) is 0.0102. The quantitative estimate of drug-likeness (QED) is 0.849. The van der Waals surface area contributed by atoms with Crippen molar-refractivity contribution in [2.24, 2.45) is 0 Å². The minimum Gasteiger partial charge on any atom is -0.337 e. The summed E-state index contributed by atoms with van der Waals surface area (Å²) >= 11 is 0. The highest BCUT2D eigenvalue weighted by Crippen LogP contribution is 2.32. The number of carbonyl (C=O) groups is 1. The summed E-state index contributed by atoms with van der Waals surface area (Å²) in [5.41, 5.74) is 0.560. The molecule has 1 aromatic carbocycles. The van der Waals surface area contributed by atoms with Gasteiger partial charge < -0.3 is 9.47 Å². The van der Waals surface area contributed by atoms with Gasteiger partial charge in [-0.15, -0.1) is 0 Å². The van der Waals surface area contributed by atoms with Crippen molar-refractivity contribution in [1.82, 2.24) is 9.47 Å². The van der Waals surface area contributed by atoms with Gasteiger partial charge in [0, 0.05) is 24.5 Å². The van der Waals surface area contributed by atoms with Crippen molar-refractivity contribution in [1.29, 1.82) is 0 Å². The molecule has 1 amide bonds. The topological polar surface area (TPSA) is 42.3 Å². The van der Waals surface area contributed by atoms with E-state index in [0.29, 0.717) is 11.1 Å². The molecule has 1 aliphatic heterocycles. The van der Waals surface area contributed by atoms with E-state index < -0.39 is 0 Å². The number of rotatable bonds is 2. The molecule has 4 rings (SSSR count). The Hall–Kier alpha value is -2.10. The van der Waals surface area contributed by atoms with Crippen molar-refractivity contribution in [2.75, 3.05) is 13.1 Å². The number of likely N-dealkylation sites (tertiary alicyclic amines) is 1. The van der Waals surface area contributed by atoms with Gasteiger partial charge in [-0.1, -0.05) is 18.2 Å². The van der Waals surface area contributed by atoms with Gasteiger partial charge in [-0.2, -0.15) is 0 Å². The van der Waals surface area contributed by atoms with Gasteiger partial charge in [0.25, 0.3) is 11.5 Å². The fraction of sp³-hybridized carbons (Fsp3) is 0.412. The molecule has 2 aliphatic rings. The Labute approximate surface area is 123 Å². The lowest BCUT2D eigenvalue weighted by Crippen LogP contribution is -2.45. The van der Waals surface area contributed by atoms with E-state index in [-0.39, 0.29) is 17.5 Å². The van der Waals surface area contributed by atoms with Crippen LogP contribution < -0.4 is 5.56 Å². The SMILES string of the molecule is O=C(c1cc2ccccc2c(=O)n1C1CCC1)N1CCC1. The Balaban J connectivity index is 1.93. The van der Waals surface area contributed by atoms with Gasteiger partial charge >= 0.3 is 0 Å². The van der Waals surface area contributed by atoms with E-state index in [1.54, 1.807) is 4.57 Å². The van der Waals surface area contributed by atoms with Crippen molar-refractivity contribution >= 4 is 16.7 Å². The van der Waals surface area contributed by atoms with E-state index in [2.05, 4.69) is 0 Å². The maximum atomic E-state index is 12.8. The van der Waals surface area contributed by atoms with Crippen LogP contribution in [0.4, 0.5) is 0 Å². The third-order valence-corrected chi connectivity index (χ3v) is 4.76. The molecule has 0 radical (unpaired) electrons. The smallest absolute Gasteiger partial charge is 0.270 e. The molecule has 1 aromatic heterocycles. The normalized spacial score (nSPS) is 18.4. The molecule has 108 valence electrons. The van der Waals surface area contributed by atoms with E-state index in [4.69, 9.17) is 0 Å². The van der Waals surface area contributed by atoms with Gasteiger partial charge in [-0.05, 0) is 43.2 Å². The van der Waals surface area contributed by atoms with Crippen molar-refractivity contribution < 1.29 is 4.79 Å². The van der Waals surface area contributed by atoms with Gasteiger partial charge in [0.1, 0.15) is 5.69 Å². The molecule has 0 N–H and O–H groups in total. The zero-order valence-corrected chi connectivity index (χ0v) is 11.9. The van der Waals surface area contributed by atoms with Gasteiger partial charge in [-0.25, -0.2) is 0 Å². The number of aromatic nitrogens is 1. The molecule has 4 nitrogen and oxygen atoms in total. The Morgan fingerprint density at radius 1 is 1.10 bits per heavy atom. The van der Waals surface area contributed by atoms with Crippen LogP contribution in [0.2, 0.25) is 0 Å². The van der Waals surface area contributed by atoms with E-state index in [1.165, 1.54) is 0 Å². The van der Waals surface area contributed by atoms with Crippen LogP contribution in [0.15, 0.2) is 35.1 Å². The van der Waals surface area contributed by atoms with Crippen LogP contribution in [-0.2, 0) is 0 Å². The number of benzene rings is 1. The molecular formula is C17H18N2O2. The maximum absolute atomic E-state index is 12.8. The Kier molecular flexibility index (Phi) is 2.84. The predicted molar refractivity (Wildman–Crippen MR) is 81.6 cm³/mol. The Morgan fingerprint density at radius 2 is 1.86 bits per heavy atom. The minimum atomic E-state index is -0.0123. The van der Waals surface area contributed by atoms with Crippen molar-refractivity contribution in [3.8, 4) is 0 Å². The van der Waals surface area contributed by atoms with E-state index in [1.807, 2.05) is 35.2 Å². The van der Waals surface area contributed by atoms with Gasteiger partial charge in [-0.3, -0.25) is 9.59 Å². The third kappa shape index (κ3) is 1.89. The number of pyridine rings is 1. The van der Waals surface area contributed by atoms with Crippen LogP contribution in [-0.4, -0.2) is 28.5 Å². The molecule has 1 aliphatic carbocycles. The van der Waals surface area contributed by atoms with Crippen LogP contribution >= 0.6 is 0 Å². The summed E-state index contributed by atoms with van der Waals surface area (Å²) in [7, 11) is 0. The predicted octanol–water partition coefficient (Wildman–Crippen LogP) is 2.57. The highest BCUT2D eigenvalue weighted by molar-refractivity contribution is 5.97. The van der Waals surface area contributed by atoms with Gasteiger partial charge in [0.2, 0.25) is 0 Å². The average Bonchev–Trinajstić information content (AvgIpc) is 2.37. The first kappa shape index (κ1) is 12.6. The second kappa shape index (κ2) is 4.72.